The standard InChI is InChI=1S/C10H14ClNO/c1-8-2-4-9(5-3-8)12-7-10(13)6-11/h2-5,10,12-13H,6-7H2,1H3/t10-/m1/s1. The van der Waals surface area contributed by atoms with Gasteiger partial charge >= 0.3 is 0 Å². The van der Waals surface area contributed by atoms with Crippen molar-refractivity contribution < 1.29 is 5.11 Å². The summed E-state index contributed by atoms with van der Waals surface area (Å²) in [6, 6.07) is 8.01. The summed E-state index contributed by atoms with van der Waals surface area (Å²) in [5, 5.41) is 12.3. The zero-order valence-electron chi connectivity index (χ0n) is 7.63. The molecule has 0 aliphatic rings. The van der Waals surface area contributed by atoms with Crippen molar-refractivity contribution in [3.8, 4) is 0 Å². The van der Waals surface area contributed by atoms with Gasteiger partial charge in [0.15, 0.2) is 0 Å². The van der Waals surface area contributed by atoms with E-state index < -0.39 is 6.10 Å². The number of aliphatic hydroxyl groups is 1. The summed E-state index contributed by atoms with van der Waals surface area (Å²) in [4.78, 5) is 0. The second kappa shape index (κ2) is 5.10. The number of aliphatic hydroxyl groups excluding tert-OH is 1. The quantitative estimate of drug-likeness (QED) is 0.728. The molecule has 0 bridgehead atoms. The van der Waals surface area contributed by atoms with Crippen molar-refractivity contribution >= 4 is 17.3 Å². The molecule has 3 heteroatoms. The molecule has 0 fully saturated rings. The lowest BCUT2D eigenvalue weighted by Gasteiger charge is -2.09. The topological polar surface area (TPSA) is 32.3 Å². The molecular formula is C10H14ClNO. The van der Waals surface area contributed by atoms with Gasteiger partial charge in [0.25, 0.3) is 0 Å². The Kier molecular flexibility index (Phi) is 4.06. The van der Waals surface area contributed by atoms with E-state index in [1.807, 2.05) is 31.2 Å². The van der Waals surface area contributed by atoms with Crippen molar-refractivity contribution in [3.63, 3.8) is 0 Å². The summed E-state index contributed by atoms with van der Waals surface area (Å²) in [6.07, 6.45) is -0.483. The largest absolute Gasteiger partial charge is 0.390 e. The monoisotopic (exact) mass is 199 g/mol. The first-order chi connectivity index (χ1) is 6.22. The molecule has 0 saturated carbocycles. The Morgan fingerprint density at radius 1 is 1.38 bits per heavy atom. The molecule has 1 rings (SSSR count). The van der Waals surface area contributed by atoms with Crippen molar-refractivity contribution in [2.45, 2.75) is 13.0 Å². The maximum Gasteiger partial charge on any atom is 0.0847 e. The van der Waals surface area contributed by atoms with Crippen LogP contribution in [0.5, 0.6) is 0 Å². The lowest BCUT2D eigenvalue weighted by atomic mass is 10.2. The summed E-state index contributed by atoms with van der Waals surface area (Å²) in [5.41, 5.74) is 2.23. The van der Waals surface area contributed by atoms with Crippen LogP contribution in [0.15, 0.2) is 24.3 Å². The summed E-state index contributed by atoms with van der Waals surface area (Å²) < 4.78 is 0. The fraction of sp³-hybridized carbons (Fsp3) is 0.400. The van der Waals surface area contributed by atoms with Crippen LogP contribution in [0.25, 0.3) is 0 Å². The fourth-order valence-corrected chi connectivity index (χ4v) is 1.07. The first kappa shape index (κ1) is 10.4. The van der Waals surface area contributed by atoms with Gasteiger partial charge < -0.3 is 10.4 Å². The number of alkyl halides is 1. The van der Waals surface area contributed by atoms with Gasteiger partial charge in [-0.05, 0) is 19.1 Å². The molecule has 2 nitrogen and oxygen atoms in total. The van der Waals surface area contributed by atoms with E-state index in [0.717, 1.165) is 5.69 Å². The lowest BCUT2D eigenvalue weighted by molar-refractivity contribution is 0.211. The number of anilines is 1. The Hall–Kier alpha value is -0.730. The second-order valence-electron chi connectivity index (χ2n) is 3.06. The predicted molar refractivity (Wildman–Crippen MR) is 56.4 cm³/mol. The van der Waals surface area contributed by atoms with Crippen LogP contribution in [0, 0.1) is 6.92 Å². The molecule has 0 saturated heterocycles. The SMILES string of the molecule is Cc1ccc(NC[C@H](O)CCl)cc1. The summed E-state index contributed by atoms with van der Waals surface area (Å²) in [6.45, 7) is 2.53. The highest BCUT2D eigenvalue weighted by atomic mass is 35.5. The van der Waals surface area contributed by atoms with Gasteiger partial charge in [0.05, 0.1) is 12.0 Å². The summed E-state index contributed by atoms with van der Waals surface area (Å²) in [7, 11) is 0. The van der Waals surface area contributed by atoms with E-state index in [-0.39, 0.29) is 5.88 Å². The van der Waals surface area contributed by atoms with Gasteiger partial charge in [-0.2, -0.15) is 0 Å². The van der Waals surface area contributed by atoms with E-state index in [1.165, 1.54) is 5.56 Å². The van der Waals surface area contributed by atoms with E-state index in [1.54, 1.807) is 0 Å². The number of aryl methyl sites for hydroxylation is 1. The van der Waals surface area contributed by atoms with E-state index in [4.69, 9.17) is 11.6 Å². The normalized spacial score (nSPS) is 12.5. The number of rotatable bonds is 4. The third-order valence-electron chi connectivity index (χ3n) is 1.77. The molecule has 2 N–H and O–H groups in total. The van der Waals surface area contributed by atoms with E-state index in [9.17, 15) is 5.11 Å². The molecule has 0 aromatic heterocycles. The van der Waals surface area contributed by atoms with Crippen LogP contribution >= 0.6 is 11.6 Å². The van der Waals surface area contributed by atoms with Crippen molar-refractivity contribution in [2.24, 2.45) is 0 Å². The average molecular weight is 200 g/mol. The third-order valence-corrected chi connectivity index (χ3v) is 2.13. The van der Waals surface area contributed by atoms with Crippen LogP contribution in [-0.4, -0.2) is 23.6 Å². The minimum atomic E-state index is -0.483. The first-order valence-corrected chi connectivity index (χ1v) is 4.80. The maximum atomic E-state index is 9.18. The van der Waals surface area contributed by atoms with Gasteiger partial charge in [0, 0.05) is 12.2 Å². The third kappa shape index (κ3) is 3.66. The Balaban J connectivity index is 2.41. The minimum Gasteiger partial charge on any atom is -0.390 e. The highest BCUT2D eigenvalue weighted by molar-refractivity contribution is 6.18. The molecule has 1 aromatic rings. The Morgan fingerprint density at radius 3 is 2.54 bits per heavy atom. The summed E-state index contributed by atoms with van der Waals surface area (Å²) in [5.74, 6) is 0.263. The van der Waals surface area contributed by atoms with Crippen molar-refractivity contribution in [2.75, 3.05) is 17.7 Å². The smallest absolute Gasteiger partial charge is 0.0847 e. The van der Waals surface area contributed by atoms with Gasteiger partial charge in [-0.3, -0.25) is 0 Å². The van der Waals surface area contributed by atoms with Crippen molar-refractivity contribution in [1.29, 1.82) is 0 Å². The van der Waals surface area contributed by atoms with Gasteiger partial charge in [-0.1, -0.05) is 17.7 Å². The van der Waals surface area contributed by atoms with Crippen LogP contribution in [0.1, 0.15) is 5.56 Å². The zero-order chi connectivity index (χ0) is 9.68. The van der Waals surface area contributed by atoms with Gasteiger partial charge in [-0.15, -0.1) is 11.6 Å². The second-order valence-corrected chi connectivity index (χ2v) is 3.36. The number of hydrogen-bond acceptors (Lipinski definition) is 2. The average Bonchev–Trinajstić information content (AvgIpc) is 2.16. The van der Waals surface area contributed by atoms with Crippen LogP contribution in [0.4, 0.5) is 5.69 Å². The Bertz CT molecular complexity index is 248. The molecule has 0 heterocycles. The van der Waals surface area contributed by atoms with E-state index in [0.29, 0.717) is 6.54 Å². The van der Waals surface area contributed by atoms with E-state index >= 15 is 0 Å². The molecule has 0 aliphatic carbocycles. The van der Waals surface area contributed by atoms with E-state index in [2.05, 4.69) is 5.32 Å². The molecule has 72 valence electrons. The maximum absolute atomic E-state index is 9.18. The van der Waals surface area contributed by atoms with Gasteiger partial charge in [-0.25, -0.2) is 0 Å². The molecule has 0 unspecified atom stereocenters. The highest BCUT2D eigenvalue weighted by Crippen LogP contribution is 2.08. The number of benzene rings is 1. The number of hydrogen-bond donors (Lipinski definition) is 2. The lowest BCUT2D eigenvalue weighted by Crippen LogP contribution is -2.20. The molecule has 0 amide bonds. The summed E-state index contributed by atoms with van der Waals surface area (Å²) >= 11 is 5.45. The Labute approximate surface area is 83.5 Å². The molecule has 0 aliphatic heterocycles. The first-order valence-electron chi connectivity index (χ1n) is 4.27. The predicted octanol–water partition coefficient (Wildman–Crippen LogP) is 2.01. The minimum absolute atomic E-state index is 0.263. The highest BCUT2D eigenvalue weighted by Gasteiger charge is 2.00. The molecule has 1 atom stereocenters. The fourth-order valence-electron chi connectivity index (χ4n) is 0.962. The van der Waals surface area contributed by atoms with Crippen LogP contribution in [-0.2, 0) is 0 Å². The van der Waals surface area contributed by atoms with Crippen LogP contribution in [0.2, 0.25) is 0 Å². The van der Waals surface area contributed by atoms with Gasteiger partial charge in [0.1, 0.15) is 0 Å². The Morgan fingerprint density at radius 2 is 2.00 bits per heavy atom. The molecular weight excluding hydrogens is 186 g/mol. The van der Waals surface area contributed by atoms with Crippen molar-refractivity contribution in [1.82, 2.24) is 0 Å². The van der Waals surface area contributed by atoms with Crippen molar-refractivity contribution in [3.05, 3.63) is 29.8 Å². The molecule has 0 radical (unpaired) electrons. The number of nitrogens with one attached hydrogen (secondary N) is 1. The van der Waals surface area contributed by atoms with Gasteiger partial charge in [0.2, 0.25) is 0 Å². The molecule has 13 heavy (non-hydrogen) atoms. The van der Waals surface area contributed by atoms with Crippen LogP contribution < -0.4 is 5.32 Å². The molecule has 1 aromatic carbocycles. The zero-order valence-corrected chi connectivity index (χ0v) is 8.38. The number of halogens is 1. The molecule has 0 spiro atoms. The van der Waals surface area contributed by atoms with Crippen LogP contribution in [0.3, 0.4) is 0 Å².